The molecule has 0 atom stereocenters. The van der Waals surface area contributed by atoms with Crippen molar-refractivity contribution in [3.63, 3.8) is 0 Å². The van der Waals surface area contributed by atoms with Crippen LogP contribution >= 0.6 is 38.6 Å². The summed E-state index contributed by atoms with van der Waals surface area (Å²) in [6, 6.07) is 99.5. The Morgan fingerprint density at radius 1 is 0.221 bits per heavy atom. The molecule has 0 aliphatic rings. The number of hydrogen-bond donors (Lipinski definition) is 0. The van der Waals surface area contributed by atoms with E-state index in [-0.39, 0.29) is 0 Å². The zero-order valence-corrected chi connectivity index (χ0v) is 44.8. The number of aromatic nitrogens is 2. The Balaban J connectivity index is 0.000000216. The van der Waals surface area contributed by atoms with Crippen LogP contribution in [0.1, 0.15) is 0 Å². The molecule has 0 aliphatic heterocycles. The van der Waals surface area contributed by atoms with Gasteiger partial charge in [-0.25, -0.2) is 0 Å². The molecule has 0 unspecified atom stereocenters. The number of hydrogen-bond acceptors (Lipinski definition) is 2. The minimum atomic E-state index is 1.11. The highest BCUT2D eigenvalue weighted by molar-refractivity contribution is 9.10. The van der Waals surface area contributed by atoms with Gasteiger partial charge in [-0.2, -0.15) is 0 Å². The number of benzene rings is 12. The van der Waals surface area contributed by atoms with Gasteiger partial charge in [0.25, 0.3) is 0 Å². The van der Waals surface area contributed by atoms with Crippen LogP contribution < -0.4 is 0 Å². The fraction of sp³-hybridized carbons (Fsp3) is 0. The van der Waals surface area contributed by atoms with E-state index >= 15 is 0 Å². The summed E-state index contributed by atoms with van der Waals surface area (Å²) >= 11 is 7.21. The van der Waals surface area contributed by atoms with Gasteiger partial charge in [-0.15, -0.1) is 22.7 Å². The second kappa shape index (κ2) is 18.8. The van der Waals surface area contributed by atoms with E-state index in [0.717, 1.165) is 15.8 Å². The van der Waals surface area contributed by atoms with Crippen molar-refractivity contribution in [1.82, 2.24) is 9.13 Å². The Morgan fingerprint density at radius 3 is 1.01 bits per heavy atom. The van der Waals surface area contributed by atoms with Crippen LogP contribution in [0.15, 0.2) is 277 Å². The lowest BCUT2D eigenvalue weighted by molar-refractivity contribution is 1.18. The van der Waals surface area contributed by atoms with Crippen LogP contribution in [0.5, 0.6) is 0 Å². The van der Waals surface area contributed by atoms with Crippen LogP contribution in [0.3, 0.4) is 0 Å². The molecule has 0 aliphatic carbocycles. The maximum atomic E-state index is 3.49. The van der Waals surface area contributed by atoms with E-state index in [1.807, 2.05) is 22.7 Å². The Bertz CT molecular complexity index is 4910. The summed E-state index contributed by atoms with van der Waals surface area (Å²) in [5.41, 5.74) is 17.0. The third kappa shape index (κ3) is 7.97. The normalized spacial score (nSPS) is 11.7. The van der Waals surface area contributed by atoms with Crippen molar-refractivity contribution in [3.05, 3.63) is 277 Å². The Labute approximate surface area is 461 Å². The lowest BCUT2D eigenvalue weighted by Crippen LogP contribution is -1.94. The molecule has 0 spiro atoms. The topological polar surface area (TPSA) is 9.86 Å². The van der Waals surface area contributed by atoms with Crippen molar-refractivity contribution in [2.75, 3.05) is 0 Å². The smallest absolute Gasteiger partial charge is 0.0541 e. The third-order valence-electron chi connectivity index (χ3n) is 15.3. The van der Waals surface area contributed by atoms with E-state index in [9.17, 15) is 0 Å². The number of halogens is 1. The first-order valence-electron chi connectivity index (χ1n) is 26.0. The van der Waals surface area contributed by atoms with Crippen LogP contribution in [0.25, 0.3) is 140 Å². The minimum Gasteiger partial charge on any atom is -0.309 e. The van der Waals surface area contributed by atoms with Crippen LogP contribution in [0.2, 0.25) is 0 Å². The number of thiophene rings is 2. The zero-order chi connectivity index (χ0) is 51.0. The average molecular weight is 1080 g/mol. The van der Waals surface area contributed by atoms with Gasteiger partial charge in [-0.3, -0.25) is 0 Å². The van der Waals surface area contributed by atoms with Crippen LogP contribution in [-0.2, 0) is 0 Å². The van der Waals surface area contributed by atoms with Gasteiger partial charge >= 0.3 is 0 Å². The van der Waals surface area contributed by atoms with E-state index in [4.69, 9.17) is 0 Å². The third-order valence-corrected chi connectivity index (χ3v) is 18.1. The lowest BCUT2D eigenvalue weighted by Gasteiger charge is -2.11. The largest absolute Gasteiger partial charge is 0.309 e. The highest BCUT2D eigenvalue weighted by Crippen LogP contribution is 2.41. The molecule has 0 fully saturated rings. The molecule has 77 heavy (non-hydrogen) atoms. The molecular weight excluding hydrogens is 1040 g/mol. The molecule has 12 aromatic carbocycles. The molecule has 0 saturated heterocycles. The summed E-state index contributed by atoms with van der Waals surface area (Å²) in [6.45, 7) is 0. The van der Waals surface area contributed by atoms with Gasteiger partial charge in [0.1, 0.15) is 0 Å². The highest BCUT2D eigenvalue weighted by Gasteiger charge is 2.17. The van der Waals surface area contributed by atoms with Gasteiger partial charge in [-0.1, -0.05) is 180 Å². The summed E-state index contributed by atoms with van der Waals surface area (Å²) in [6.07, 6.45) is 0. The van der Waals surface area contributed by atoms with Gasteiger partial charge in [0.15, 0.2) is 0 Å². The summed E-state index contributed by atoms with van der Waals surface area (Å²) in [4.78, 5) is 0. The first-order chi connectivity index (χ1) is 38.1. The molecular formula is C72H45BrN2S2. The summed E-state index contributed by atoms with van der Waals surface area (Å²) < 4.78 is 11.3. The molecule has 0 radical (unpaired) electrons. The second-order valence-electron chi connectivity index (χ2n) is 19.8. The fourth-order valence-electron chi connectivity index (χ4n) is 11.6. The monoisotopic (exact) mass is 1080 g/mol. The van der Waals surface area contributed by atoms with E-state index < -0.39 is 0 Å². The predicted molar refractivity (Wildman–Crippen MR) is 337 cm³/mol. The molecule has 362 valence electrons. The van der Waals surface area contributed by atoms with Gasteiger partial charge < -0.3 is 9.13 Å². The quantitative estimate of drug-likeness (QED) is 0.157. The highest BCUT2D eigenvalue weighted by atomic mass is 79.9. The van der Waals surface area contributed by atoms with Crippen molar-refractivity contribution in [1.29, 1.82) is 0 Å². The zero-order valence-electron chi connectivity index (χ0n) is 41.6. The van der Waals surface area contributed by atoms with Crippen molar-refractivity contribution in [3.8, 4) is 55.9 Å². The van der Waals surface area contributed by atoms with Gasteiger partial charge in [0, 0.05) is 77.7 Å². The number of nitrogens with zero attached hydrogens (tertiary/aromatic N) is 2. The summed E-state index contributed by atoms with van der Waals surface area (Å²) in [5.74, 6) is 0. The van der Waals surface area contributed by atoms with Gasteiger partial charge in [-0.05, 0) is 154 Å². The van der Waals surface area contributed by atoms with Crippen molar-refractivity contribution < 1.29 is 0 Å². The first-order valence-corrected chi connectivity index (χ1v) is 28.4. The maximum absolute atomic E-state index is 3.49. The van der Waals surface area contributed by atoms with Gasteiger partial charge in [0.2, 0.25) is 0 Å². The number of rotatable bonds is 6. The molecule has 0 saturated carbocycles. The molecule has 16 aromatic rings. The molecule has 0 bridgehead atoms. The van der Waals surface area contributed by atoms with Crippen molar-refractivity contribution >= 4 is 123 Å². The van der Waals surface area contributed by atoms with E-state index in [1.165, 1.54) is 128 Å². The second-order valence-corrected chi connectivity index (χ2v) is 22.8. The van der Waals surface area contributed by atoms with Crippen LogP contribution in [-0.4, -0.2) is 9.13 Å². The van der Waals surface area contributed by atoms with Crippen LogP contribution in [0.4, 0.5) is 0 Å². The Hall–Kier alpha value is -8.84. The fourth-order valence-corrected chi connectivity index (χ4v) is 14.0. The molecule has 4 aromatic heterocycles. The maximum Gasteiger partial charge on any atom is 0.0541 e. The Kier molecular flexibility index (Phi) is 11.1. The van der Waals surface area contributed by atoms with Crippen LogP contribution in [0, 0.1) is 0 Å². The average Bonchev–Trinajstić information content (AvgIpc) is 4.26. The van der Waals surface area contributed by atoms with Gasteiger partial charge in [0.05, 0.1) is 22.1 Å². The summed E-state index contributed by atoms with van der Waals surface area (Å²) in [7, 11) is 0. The molecule has 5 heteroatoms. The van der Waals surface area contributed by atoms with Crippen molar-refractivity contribution in [2.45, 2.75) is 0 Å². The SMILES string of the molecule is Brc1ccc(-c2ccc3sc4ccccc4c3c2)cc1.c1ccc(-c2ccc(-n3c4ccccc4c4cc(-c5ccc6c(c5)c5ccccc5n6-c5ccc(-c6ccc7sc8ccccc8c7c6)cc5)ccc43)cc2)cc1. The molecule has 4 heterocycles. The Morgan fingerprint density at radius 2 is 0.532 bits per heavy atom. The minimum absolute atomic E-state index is 1.11. The first kappa shape index (κ1) is 45.5. The number of para-hydroxylation sites is 2. The molecule has 0 N–H and O–H groups in total. The van der Waals surface area contributed by atoms with E-state index in [2.05, 4.69) is 298 Å². The molecule has 2 nitrogen and oxygen atoms in total. The molecule has 16 rings (SSSR count). The van der Waals surface area contributed by atoms with E-state index in [1.54, 1.807) is 0 Å². The molecule has 0 amide bonds. The summed E-state index contributed by atoms with van der Waals surface area (Å²) in [5, 5.41) is 10.4. The van der Waals surface area contributed by atoms with E-state index in [0.29, 0.717) is 0 Å². The number of fused-ring (bicyclic) bond motifs is 12. The van der Waals surface area contributed by atoms with Crippen molar-refractivity contribution in [2.24, 2.45) is 0 Å². The standard InChI is InChI=1S/C54H34N2S.C18H11BrS/c1-2-10-35(11-3-1)36-18-25-41(26-19-36)55-49-15-7-4-12-43(49)46-32-39(22-29-51(46)55)40-23-30-52-47(33-40)44-13-5-8-16-50(44)56(52)42-27-20-37(21-28-42)38-24-31-54-48(34-38)45-14-6-9-17-53(45)57-54;19-14-8-5-12(6-9-14)13-7-10-18-16(11-13)15-3-1-2-4-17(15)20-18/h1-34H;1-11H. The lowest BCUT2D eigenvalue weighted by atomic mass is 10.0. The predicted octanol–water partition coefficient (Wildman–Crippen LogP) is 21.7.